The maximum Gasteiger partial charge on any atom is 0.410 e. The van der Waals surface area contributed by atoms with Gasteiger partial charge in [-0.25, -0.2) is 4.79 Å². The van der Waals surface area contributed by atoms with Crippen molar-refractivity contribution in [2.45, 2.75) is 59.7 Å². The second kappa shape index (κ2) is 8.20. The zero-order chi connectivity index (χ0) is 21.2. The summed E-state index contributed by atoms with van der Waals surface area (Å²) in [4.78, 5) is 39.9. The Bertz CT molecular complexity index is 765. The molecule has 0 aliphatic carbocycles. The lowest BCUT2D eigenvalue weighted by Crippen LogP contribution is -2.40. The second-order valence-corrected chi connectivity index (χ2v) is 7.89. The van der Waals surface area contributed by atoms with Gasteiger partial charge < -0.3 is 20.3 Å². The Morgan fingerprint density at radius 3 is 2.43 bits per heavy atom. The highest BCUT2D eigenvalue weighted by atomic mass is 16.6. The van der Waals surface area contributed by atoms with Gasteiger partial charge in [0.1, 0.15) is 11.3 Å². The number of carbonyl (C=O) groups excluding carboxylic acids is 3. The molecule has 2 aliphatic rings. The number of hydrogen-bond donors (Lipinski definition) is 1. The molecule has 0 radical (unpaired) electrons. The summed E-state index contributed by atoms with van der Waals surface area (Å²) in [6, 6.07) is 0. The van der Waals surface area contributed by atoms with Crippen molar-refractivity contribution in [3.63, 3.8) is 0 Å². The highest BCUT2D eigenvalue weighted by Gasteiger charge is 2.36. The first kappa shape index (κ1) is 21.7. The fourth-order valence-electron chi connectivity index (χ4n) is 3.32. The summed E-state index contributed by atoms with van der Waals surface area (Å²) in [6.07, 6.45) is 0.125. The van der Waals surface area contributed by atoms with Crippen molar-refractivity contribution in [1.82, 2.24) is 19.6 Å². The summed E-state index contributed by atoms with van der Waals surface area (Å²) in [5, 5.41) is 4.52. The molecule has 0 aromatic carbocycles. The fraction of sp³-hybridized carbons (Fsp3) is 0.684. The van der Waals surface area contributed by atoms with Gasteiger partial charge in [0.15, 0.2) is 0 Å². The largest absolute Gasteiger partial charge is 0.444 e. The van der Waals surface area contributed by atoms with E-state index in [1.807, 2.05) is 34.6 Å². The lowest BCUT2D eigenvalue weighted by Gasteiger charge is -2.30. The molecule has 1 atom stereocenters. The van der Waals surface area contributed by atoms with E-state index in [2.05, 4.69) is 5.10 Å². The molecule has 0 fully saturated rings. The van der Waals surface area contributed by atoms with Crippen LogP contribution in [0.25, 0.3) is 0 Å². The average molecular weight is 393 g/mol. The lowest BCUT2D eigenvalue weighted by atomic mass is 10.1. The van der Waals surface area contributed by atoms with E-state index < -0.39 is 23.5 Å². The standard InChI is InChI=1S/C17H25N5O4.C2H6/c1-17(2,3)26-16(25)21-6-5-12-11(9-21)13-15(24)20(4)7-10(14(18)23)8-22(13)19-12;1-2/h10H,5-9H2,1-4H3,(H2,18,23);1-2H3. The summed E-state index contributed by atoms with van der Waals surface area (Å²) in [5.41, 5.74) is 6.81. The van der Waals surface area contributed by atoms with Crippen LogP contribution in [0.3, 0.4) is 0 Å². The number of carbonyl (C=O) groups is 3. The number of aromatic nitrogens is 2. The smallest absolute Gasteiger partial charge is 0.410 e. The van der Waals surface area contributed by atoms with Crippen LogP contribution in [0.15, 0.2) is 0 Å². The van der Waals surface area contributed by atoms with Crippen LogP contribution in [0.4, 0.5) is 4.79 Å². The minimum Gasteiger partial charge on any atom is -0.444 e. The van der Waals surface area contributed by atoms with Crippen LogP contribution >= 0.6 is 0 Å². The van der Waals surface area contributed by atoms with Crippen molar-refractivity contribution in [2.75, 3.05) is 20.1 Å². The zero-order valence-electron chi connectivity index (χ0n) is 17.6. The van der Waals surface area contributed by atoms with Crippen LogP contribution in [-0.2, 0) is 29.0 Å². The molecule has 0 bridgehead atoms. The van der Waals surface area contributed by atoms with Crippen molar-refractivity contribution in [2.24, 2.45) is 11.7 Å². The molecule has 1 aromatic heterocycles. The quantitative estimate of drug-likeness (QED) is 0.775. The topological polar surface area (TPSA) is 111 Å². The molecule has 0 spiro atoms. The summed E-state index contributed by atoms with van der Waals surface area (Å²) in [5.74, 6) is -1.16. The number of hydrogen-bond acceptors (Lipinski definition) is 5. The van der Waals surface area contributed by atoms with Gasteiger partial charge in [0, 0.05) is 32.1 Å². The van der Waals surface area contributed by atoms with E-state index in [1.54, 1.807) is 16.6 Å². The number of nitrogens with two attached hydrogens (primary N) is 1. The Morgan fingerprint density at radius 1 is 1.21 bits per heavy atom. The minimum absolute atomic E-state index is 0.214. The Morgan fingerprint density at radius 2 is 1.86 bits per heavy atom. The fourth-order valence-corrected chi connectivity index (χ4v) is 3.32. The van der Waals surface area contributed by atoms with Crippen molar-refractivity contribution in [3.8, 4) is 0 Å². The van der Waals surface area contributed by atoms with Gasteiger partial charge in [-0.1, -0.05) is 13.8 Å². The number of amides is 3. The minimum atomic E-state index is -0.585. The summed E-state index contributed by atoms with van der Waals surface area (Å²) in [6.45, 7) is 10.7. The normalized spacial score (nSPS) is 19.1. The van der Waals surface area contributed by atoms with Crippen molar-refractivity contribution < 1.29 is 19.1 Å². The summed E-state index contributed by atoms with van der Waals surface area (Å²) in [7, 11) is 1.64. The molecule has 3 rings (SSSR count). The third-order valence-electron chi connectivity index (χ3n) is 4.59. The van der Waals surface area contributed by atoms with E-state index in [0.29, 0.717) is 18.7 Å². The third-order valence-corrected chi connectivity index (χ3v) is 4.59. The van der Waals surface area contributed by atoms with Gasteiger partial charge in [-0.05, 0) is 20.8 Å². The molecule has 3 heterocycles. The monoisotopic (exact) mass is 393 g/mol. The molecule has 2 N–H and O–H groups in total. The van der Waals surface area contributed by atoms with Crippen LogP contribution in [-0.4, -0.2) is 63.2 Å². The van der Waals surface area contributed by atoms with Crippen molar-refractivity contribution >= 4 is 17.9 Å². The predicted octanol–water partition coefficient (Wildman–Crippen LogP) is 1.39. The average Bonchev–Trinajstić information content (AvgIpc) is 2.91. The number of nitrogens with zero attached hydrogens (tertiary/aromatic N) is 4. The number of rotatable bonds is 1. The Hall–Kier alpha value is -2.58. The highest BCUT2D eigenvalue weighted by molar-refractivity contribution is 5.95. The van der Waals surface area contributed by atoms with Gasteiger partial charge in [0.2, 0.25) is 5.91 Å². The summed E-state index contributed by atoms with van der Waals surface area (Å²) >= 11 is 0. The Balaban J connectivity index is 0.00000136. The molecule has 0 saturated heterocycles. The van der Waals surface area contributed by atoms with Crippen LogP contribution in [0.2, 0.25) is 0 Å². The number of fused-ring (bicyclic) bond motifs is 3. The maximum atomic E-state index is 12.8. The van der Waals surface area contributed by atoms with E-state index >= 15 is 0 Å². The second-order valence-electron chi connectivity index (χ2n) is 7.89. The predicted molar refractivity (Wildman–Crippen MR) is 104 cm³/mol. The van der Waals surface area contributed by atoms with Crippen LogP contribution in [0.1, 0.15) is 56.4 Å². The van der Waals surface area contributed by atoms with Crippen LogP contribution in [0, 0.1) is 5.92 Å². The molecule has 2 aliphatic heterocycles. The molecular formula is C19H31N5O4. The third kappa shape index (κ3) is 4.45. The molecule has 0 saturated carbocycles. The van der Waals surface area contributed by atoms with E-state index in [9.17, 15) is 14.4 Å². The highest BCUT2D eigenvalue weighted by Crippen LogP contribution is 2.27. The van der Waals surface area contributed by atoms with Gasteiger partial charge in [0.05, 0.1) is 24.7 Å². The summed E-state index contributed by atoms with van der Waals surface area (Å²) < 4.78 is 7.01. The molecule has 3 amide bonds. The maximum absolute atomic E-state index is 12.8. The Kier molecular flexibility index (Phi) is 6.36. The van der Waals surface area contributed by atoms with Crippen LogP contribution in [0.5, 0.6) is 0 Å². The lowest BCUT2D eigenvalue weighted by molar-refractivity contribution is -0.122. The molecule has 156 valence electrons. The first-order valence-corrected chi connectivity index (χ1v) is 9.68. The van der Waals surface area contributed by atoms with Crippen molar-refractivity contribution in [1.29, 1.82) is 0 Å². The first-order valence-electron chi connectivity index (χ1n) is 9.68. The van der Waals surface area contributed by atoms with E-state index in [0.717, 1.165) is 11.3 Å². The molecule has 1 unspecified atom stereocenters. The van der Waals surface area contributed by atoms with Gasteiger partial charge >= 0.3 is 6.09 Å². The SMILES string of the molecule is CC.CN1CC(C(N)=O)Cn2nc3c(c2C1=O)CN(C(=O)OC(C)(C)C)CC3. The molecule has 9 nitrogen and oxygen atoms in total. The van der Waals surface area contributed by atoms with E-state index in [1.165, 1.54) is 4.90 Å². The molecule has 9 heteroatoms. The van der Waals surface area contributed by atoms with E-state index in [-0.39, 0.29) is 25.5 Å². The first-order chi connectivity index (χ1) is 13.1. The van der Waals surface area contributed by atoms with Gasteiger partial charge in [0.25, 0.3) is 5.91 Å². The van der Waals surface area contributed by atoms with Gasteiger partial charge in [-0.15, -0.1) is 0 Å². The number of ether oxygens (including phenoxy) is 1. The van der Waals surface area contributed by atoms with Gasteiger partial charge in [-0.2, -0.15) is 5.10 Å². The van der Waals surface area contributed by atoms with Gasteiger partial charge in [-0.3, -0.25) is 14.3 Å². The zero-order valence-corrected chi connectivity index (χ0v) is 17.6. The van der Waals surface area contributed by atoms with Crippen LogP contribution < -0.4 is 5.73 Å². The molecular weight excluding hydrogens is 362 g/mol. The van der Waals surface area contributed by atoms with E-state index in [4.69, 9.17) is 10.5 Å². The molecule has 28 heavy (non-hydrogen) atoms. The molecule has 1 aromatic rings. The number of primary amides is 1. The Labute approximate surface area is 165 Å². The van der Waals surface area contributed by atoms with Crippen molar-refractivity contribution in [3.05, 3.63) is 17.0 Å².